The molecule has 0 saturated carbocycles. The first-order valence-corrected chi connectivity index (χ1v) is 7.44. The van der Waals surface area contributed by atoms with Gasteiger partial charge in [0.15, 0.2) is 0 Å². The highest BCUT2D eigenvalue weighted by Crippen LogP contribution is 2.23. The summed E-state index contributed by atoms with van der Waals surface area (Å²) < 4.78 is 13.3. The minimum Gasteiger partial charge on any atom is -0.337 e. The standard InChI is InChI=1S/C17H18FN3O/c1-12-8-13(2-3-15(12)18)9-14-4-7-21(11-14)17(22)16-10-19-5-6-20-16/h2-3,5-6,8,10,14H,4,7,9,11H2,1H3. The minimum absolute atomic E-state index is 0.0640. The number of aryl methyl sites for hydroxylation is 1. The molecule has 2 heterocycles. The average Bonchev–Trinajstić information content (AvgIpc) is 2.99. The van der Waals surface area contributed by atoms with Gasteiger partial charge in [-0.3, -0.25) is 9.78 Å². The van der Waals surface area contributed by atoms with E-state index in [2.05, 4.69) is 9.97 Å². The van der Waals surface area contributed by atoms with Crippen LogP contribution in [-0.2, 0) is 6.42 Å². The number of nitrogens with zero attached hydrogens (tertiary/aromatic N) is 3. The zero-order valence-corrected chi connectivity index (χ0v) is 12.5. The third-order valence-electron chi connectivity index (χ3n) is 4.10. The summed E-state index contributed by atoms with van der Waals surface area (Å²) in [5.74, 6) is 0.172. The van der Waals surface area contributed by atoms with Gasteiger partial charge >= 0.3 is 0 Å². The van der Waals surface area contributed by atoms with E-state index in [1.54, 1.807) is 13.1 Å². The van der Waals surface area contributed by atoms with Gasteiger partial charge in [0.25, 0.3) is 5.91 Å². The lowest BCUT2D eigenvalue weighted by molar-refractivity contribution is 0.0781. The molecule has 0 radical (unpaired) electrons. The maximum atomic E-state index is 13.3. The normalized spacial score (nSPS) is 17.7. The second kappa shape index (κ2) is 6.22. The molecule has 0 aliphatic carbocycles. The number of amides is 1. The van der Waals surface area contributed by atoms with Gasteiger partial charge in [0.05, 0.1) is 6.20 Å². The van der Waals surface area contributed by atoms with Gasteiger partial charge < -0.3 is 4.90 Å². The second-order valence-electron chi connectivity index (χ2n) is 5.78. The Morgan fingerprint density at radius 2 is 2.27 bits per heavy atom. The fourth-order valence-corrected chi connectivity index (χ4v) is 2.92. The first kappa shape index (κ1) is 14.6. The molecule has 0 N–H and O–H groups in total. The molecular formula is C17H18FN3O. The number of likely N-dealkylation sites (tertiary alicyclic amines) is 1. The Labute approximate surface area is 129 Å². The van der Waals surface area contributed by atoms with Crippen LogP contribution in [0.3, 0.4) is 0 Å². The third-order valence-corrected chi connectivity index (χ3v) is 4.10. The molecule has 1 saturated heterocycles. The van der Waals surface area contributed by atoms with E-state index >= 15 is 0 Å². The predicted octanol–water partition coefficient (Wildman–Crippen LogP) is 2.63. The van der Waals surface area contributed by atoms with Crippen LogP contribution in [0.1, 0.15) is 28.0 Å². The summed E-state index contributed by atoms with van der Waals surface area (Å²) in [6, 6.07) is 5.24. The van der Waals surface area contributed by atoms with Crippen molar-refractivity contribution in [1.29, 1.82) is 0 Å². The monoisotopic (exact) mass is 299 g/mol. The van der Waals surface area contributed by atoms with Crippen LogP contribution in [0.15, 0.2) is 36.8 Å². The number of hydrogen-bond acceptors (Lipinski definition) is 3. The summed E-state index contributed by atoms with van der Waals surface area (Å²) in [4.78, 5) is 22.1. The van der Waals surface area contributed by atoms with Gasteiger partial charge in [0, 0.05) is 25.5 Å². The number of aromatic nitrogens is 2. The van der Waals surface area contributed by atoms with Gasteiger partial charge in [0.1, 0.15) is 11.5 Å². The van der Waals surface area contributed by atoms with Crippen molar-refractivity contribution in [3.05, 3.63) is 59.4 Å². The molecule has 1 atom stereocenters. The lowest BCUT2D eigenvalue weighted by Crippen LogP contribution is -2.29. The van der Waals surface area contributed by atoms with Crippen molar-refractivity contribution in [2.75, 3.05) is 13.1 Å². The Bertz CT molecular complexity index is 675. The number of benzene rings is 1. The van der Waals surface area contributed by atoms with E-state index in [1.807, 2.05) is 17.0 Å². The quantitative estimate of drug-likeness (QED) is 0.875. The summed E-state index contributed by atoms with van der Waals surface area (Å²) in [5, 5.41) is 0. The number of rotatable bonds is 3. The maximum Gasteiger partial charge on any atom is 0.274 e. The van der Waals surface area contributed by atoms with Crippen LogP contribution in [-0.4, -0.2) is 33.9 Å². The Kier molecular flexibility index (Phi) is 4.13. The summed E-state index contributed by atoms with van der Waals surface area (Å²) >= 11 is 0. The van der Waals surface area contributed by atoms with E-state index in [4.69, 9.17) is 0 Å². The van der Waals surface area contributed by atoms with Gasteiger partial charge in [-0.15, -0.1) is 0 Å². The molecule has 1 aromatic heterocycles. The van der Waals surface area contributed by atoms with E-state index in [0.717, 1.165) is 24.9 Å². The van der Waals surface area contributed by atoms with Crippen molar-refractivity contribution in [3.63, 3.8) is 0 Å². The second-order valence-corrected chi connectivity index (χ2v) is 5.78. The lowest BCUT2D eigenvalue weighted by atomic mass is 9.97. The number of carbonyl (C=O) groups excluding carboxylic acids is 1. The highest BCUT2D eigenvalue weighted by molar-refractivity contribution is 5.92. The lowest BCUT2D eigenvalue weighted by Gasteiger charge is -2.16. The van der Waals surface area contributed by atoms with Crippen LogP contribution in [0, 0.1) is 18.7 Å². The van der Waals surface area contributed by atoms with Crippen molar-refractivity contribution < 1.29 is 9.18 Å². The largest absolute Gasteiger partial charge is 0.337 e. The molecule has 0 bridgehead atoms. The van der Waals surface area contributed by atoms with Gasteiger partial charge in [-0.2, -0.15) is 0 Å². The summed E-state index contributed by atoms with van der Waals surface area (Å²) in [6.07, 6.45) is 6.41. The van der Waals surface area contributed by atoms with Gasteiger partial charge in [0.2, 0.25) is 0 Å². The van der Waals surface area contributed by atoms with Gasteiger partial charge in [-0.1, -0.05) is 12.1 Å². The van der Waals surface area contributed by atoms with Crippen LogP contribution < -0.4 is 0 Å². The van der Waals surface area contributed by atoms with Crippen LogP contribution in [0.2, 0.25) is 0 Å². The Balaban J connectivity index is 1.62. The van der Waals surface area contributed by atoms with Crippen LogP contribution in [0.4, 0.5) is 4.39 Å². The van der Waals surface area contributed by atoms with Crippen molar-refractivity contribution in [2.24, 2.45) is 5.92 Å². The zero-order valence-electron chi connectivity index (χ0n) is 12.5. The fourth-order valence-electron chi connectivity index (χ4n) is 2.92. The first-order chi connectivity index (χ1) is 10.6. The molecule has 1 aliphatic rings. The topological polar surface area (TPSA) is 46.1 Å². The van der Waals surface area contributed by atoms with E-state index in [9.17, 15) is 9.18 Å². The fraction of sp³-hybridized carbons (Fsp3) is 0.353. The molecule has 22 heavy (non-hydrogen) atoms. The Morgan fingerprint density at radius 3 is 3.00 bits per heavy atom. The molecular weight excluding hydrogens is 281 g/mol. The maximum absolute atomic E-state index is 13.3. The van der Waals surface area contributed by atoms with Gasteiger partial charge in [-0.25, -0.2) is 9.37 Å². The smallest absolute Gasteiger partial charge is 0.274 e. The molecule has 2 aromatic rings. The van der Waals surface area contributed by atoms with Crippen LogP contribution in [0.5, 0.6) is 0 Å². The predicted molar refractivity (Wildman–Crippen MR) is 80.9 cm³/mol. The molecule has 5 heteroatoms. The summed E-state index contributed by atoms with van der Waals surface area (Å²) in [5.41, 5.74) is 2.18. The van der Waals surface area contributed by atoms with Crippen LogP contribution in [0.25, 0.3) is 0 Å². The van der Waals surface area contributed by atoms with E-state index in [1.165, 1.54) is 18.5 Å². The van der Waals surface area contributed by atoms with E-state index in [-0.39, 0.29) is 11.7 Å². The average molecular weight is 299 g/mol. The summed E-state index contributed by atoms with van der Waals surface area (Å²) in [6.45, 7) is 3.23. The highest BCUT2D eigenvalue weighted by atomic mass is 19.1. The van der Waals surface area contributed by atoms with Crippen molar-refractivity contribution >= 4 is 5.91 Å². The number of carbonyl (C=O) groups is 1. The Hall–Kier alpha value is -2.30. The van der Waals surface area contributed by atoms with Crippen molar-refractivity contribution in [1.82, 2.24) is 14.9 Å². The molecule has 114 valence electrons. The van der Waals surface area contributed by atoms with E-state index < -0.39 is 0 Å². The van der Waals surface area contributed by atoms with Crippen LogP contribution >= 0.6 is 0 Å². The SMILES string of the molecule is Cc1cc(CC2CCN(C(=O)c3cnccn3)C2)ccc1F. The van der Waals surface area contributed by atoms with Crippen molar-refractivity contribution in [3.8, 4) is 0 Å². The first-order valence-electron chi connectivity index (χ1n) is 7.44. The molecule has 0 spiro atoms. The highest BCUT2D eigenvalue weighted by Gasteiger charge is 2.27. The molecule has 1 fully saturated rings. The zero-order chi connectivity index (χ0) is 15.5. The Morgan fingerprint density at radius 1 is 1.41 bits per heavy atom. The molecule has 1 unspecified atom stereocenters. The molecule has 1 aromatic carbocycles. The molecule has 4 nitrogen and oxygen atoms in total. The van der Waals surface area contributed by atoms with Crippen molar-refractivity contribution in [2.45, 2.75) is 19.8 Å². The van der Waals surface area contributed by atoms with E-state index in [0.29, 0.717) is 23.7 Å². The molecule has 3 rings (SSSR count). The molecule has 1 aliphatic heterocycles. The number of hydrogen-bond donors (Lipinski definition) is 0. The minimum atomic E-state index is -0.172. The number of halogens is 1. The van der Waals surface area contributed by atoms with Gasteiger partial charge in [-0.05, 0) is 42.9 Å². The molecule has 1 amide bonds. The summed E-state index contributed by atoms with van der Waals surface area (Å²) in [7, 11) is 0. The third kappa shape index (κ3) is 3.13.